The van der Waals surface area contributed by atoms with Gasteiger partial charge >= 0.3 is 0 Å². The van der Waals surface area contributed by atoms with Crippen molar-refractivity contribution in [2.45, 2.75) is 38.8 Å². The lowest BCUT2D eigenvalue weighted by Gasteiger charge is -2.23. The van der Waals surface area contributed by atoms with Gasteiger partial charge in [0.05, 0.1) is 6.54 Å². The highest BCUT2D eigenvalue weighted by Gasteiger charge is 2.21. The molecule has 1 unspecified atom stereocenters. The SMILES string of the molecule is Cc1noc(CNC2CCCc3sccc32)n1. The molecular formula is C12H15N3OS. The van der Waals surface area contributed by atoms with Crippen molar-refractivity contribution in [2.75, 3.05) is 0 Å². The maximum Gasteiger partial charge on any atom is 0.240 e. The van der Waals surface area contributed by atoms with Crippen LogP contribution in [0.25, 0.3) is 0 Å². The number of aryl methyl sites for hydroxylation is 2. The number of fused-ring (bicyclic) bond motifs is 1. The Balaban J connectivity index is 1.67. The maximum absolute atomic E-state index is 5.10. The van der Waals surface area contributed by atoms with Crippen molar-refractivity contribution < 1.29 is 4.52 Å². The molecule has 0 spiro atoms. The summed E-state index contributed by atoms with van der Waals surface area (Å²) < 4.78 is 5.10. The zero-order chi connectivity index (χ0) is 11.7. The number of nitrogens with one attached hydrogen (secondary N) is 1. The molecule has 0 fully saturated rings. The molecule has 3 rings (SSSR count). The Labute approximate surface area is 104 Å². The van der Waals surface area contributed by atoms with Gasteiger partial charge in [-0.25, -0.2) is 0 Å². The molecule has 0 saturated carbocycles. The second kappa shape index (κ2) is 4.58. The molecule has 0 bridgehead atoms. The zero-order valence-electron chi connectivity index (χ0n) is 9.77. The third kappa shape index (κ3) is 2.25. The van der Waals surface area contributed by atoms with Crippen LogP contribution < -0.4 is 5.32 Å². The van der Waals surface area contributed by atoms with E-state index in [2.05, 4.69) is 26.9 Å². The van der Waals surface area contributed by atoms with Gasteiger partial charge in [-0.2, -0.15) is 4.98 Å². The van der Waals surface area contributed by atoms with Crippen LogP contribution >= 0.6 is 11.3 Å². The predicted octanol–water partition coefficient (Wildman–Crippen LogP) is 2.61. The summed E-state index contributed by atoms with van der Waals surface area (Å²) in [5, 5.41) is 9.48. The molecule has 90 valence electrons. The van der Waals surface area contributed by atoms with E-state index < -0.39 is 0 Å². The molecule has 1 aliphatic rings. The average Bonchev–Trinajstić information content (AvgIpc) is 2.94. The topological polar surface area (TPSA) is 51.0 Å². The number of nitrogens with zero attached hydrogens (tertiary/aromatic N) is 2. The molecular weight excluding hydrogens is 234 g/mol. The molecule has 2 heterocycles. The average molecular weight is 249 g/mol. The van der Waals surface area contributed by atoms with Crippen LogP contribution in [0.1, 0.15) is 41.0 Å². The van der Waals surface area contributed by atoms with E-state index in [9.17, 15) is 0 Å². The smallest absolute Gasteiger partial charge is 0.240 e. The van der Waals surface area contributed by atoms with E-state index in [1.807, 2.05) is 18.3 Å². The van der Waals surface area contributed by atoms with E-state index in [0.29, 0.717) is 24.3 Å². The first-order valence-corrected chi connectivity index (χ1v) is 6.80. The summed E-state index contributed by atoms with van der Waals surface area (Å²) in [5.74, 6) is 1.37. The fourth-order valence-electron chi connectivity index (χ4n) is 2.32. The van der Waals surface area contributed by atoms with E-state index in [1.54, 1.807) is 0 Å². The molecule has 1 N–H and O–H groups in total. The normalized spacial score (nSPS) is 19.2. The first kappa shape index (κ1) is 10.9. The summed E-state index contributed by atoms with van der Waals surface area (Å²) >= 11 is 1.86. The lowest BCUT2D eigenvalue weighted by molar-refractivity contribution is 0.348. The standard InChI is InChI=1S/C12H15N3OS/c1-8-14-12(16-15-8)7-13-10-3-2-4-11-9(10)5-6-17-11/h5-6,10,13H,2-4,7H2,1H3. The number of hydrogen-bond donors (Lipinski definition) is 1. The Hall–Kier alpha value is -1.20. The lowest BCUT2D eigenvalue weighted by atomic mass is 9.94. The summed E-state index contributed by atoms with van der Waals surface area (Å²) in [4.78, 5) is 5.72. The number of rotatable bonds is 3. The van der Waals surface area contributed by atoms with E-state index in [0.717, 1.165) is 0 Å². The maximum atomic E-state index is 5.10. The van der Waals surface area contributed by atoms with Crippen molar-refractivity contribution in [3.8, 4) is 0 Å². The largest absolute Gasteiger partial charge is 0.338 e. The number of thiophene rings is 1. The summed E-state index contributed by atoms with van der Waals surface area (Å²) in [5.41, 5.74) is 1.46. The van der Waals surface area contributed by atoms with Crippen molar-refractivity contribution >= 4 is 11.3 Å². The fourth-order valence-corrected chi connectivity index (χ4v) is 3.31. The van der Waals surface area contributed by atoms with Crippen LogP contribution in [0.2, 0.25) is 0 Å². The Morgan fingerprint density at radius 3 is 3.35 bits per heavy atom. The van der Waals surface area contributed by atoms with Gasteiger partial charge in [0.15, 0.2) is 5.82 Å². The molecule has 4 nitrogen and oxygen atoms in total. The quantitative estimate of drug-likeness (QED) is 0.908. The summed E-state index contributed by atoms with van der Waals surface area (Å²) in [6.45, 7) is 2.49. The van der Waals surface area contributed by atoms with Crippen LogP contribution in [-0.2, 0) is 13.0 Å². The van der Waals surface area contributed by atoms with Crippen molar-refractivity contribution in [1.82, 2.24) is 15.5 Å². The Bertz CT molecular complexity index is 505. The number of hydrogen-bond acceptors (Lipinski definition) is 5. The third-order valence-corrected chi connectivity index (χ3v) is 4.12. The molecule has 0 saturated heterocycles. The van der Waals surface area contributed by atoms with Crippen LogP contribution in [0.15, 0.2) is 16.0 Å². The van der Waals surface area contributed by atoms with Crippen LogP contribution in [0.3, 0.4) is 0 Å². The Kier molecular flexibility index (Phi) is 2.94. The second-order valence-electron chi connectivity index (χ2n) is 4.36. The second-order valence-corrected chi connectivity index (χ2v) is 5.36. The minimum Gasteiger partial charge on any atom is -0.338 e. The molecule has 0 radical (unpaired) electrons. The first-order chi connectivity index (χ1) is 8.33. The van der Waals surface area contributed by atoms with Crippen molar-refractivity contribution in [3.05, 3.63) is 33.6 Å². The molecule has 17 heavy (non-hydrogen) atoms. The van der Waals surface area contributed by atoms with Crippen molar-refractivity contribution in [1.29, 1.82) is 0 Å². The van der Waals surface area contributed by atoms with Crippen LogP contribution in [0.4, 0.5) is 0 Å². The van der Waals surface area contributed by atoms with Gasteiger partial charge in [-0.05, 0) is 43.2 Å². The summed E-state index contributed by atoms with van der Waals surface area (Å²) in [6.07, 6.45) is 3.68. The fraction of sp³-hybridized carbons (Fsp3) is 0.500. The minimum atomic E-state index is 0.442. The third-order valence-electron chi connectivity index (χ3n) is 3.12. The molecule has 0 aromatic carbocycles. The molecule has 0 aliphatic heterocycles. The van der Waals surface area contributed by atoms with Gasteiger partial charge in [-0.3, -0.25) is 0 Å². The van der Waals surface area contributed by atoms with E-state index in [1.165, 1.54) is 29.7 Å². The Morgan fingerprint density at radius 1 is 1.59 bits per heavy atom. The van der Waals surface area contributed by atoms with Gasteiger partial charge in [0.1, 0.15) is 0 Å². The van der Waals surface area contributed by atoms with Gasteiger partial charge in [0.2, 0.25) is 5.89 Å². The highest BCUT2D eigenvalue weighted by Crippen LogP contribution is 2.33. The molecule has 1 atom stereocenters. The van der Waals surface area contributed by atoms with Crippen LogP contribution in [0.5, 0.6) is 0 Å². The number of aromatic nitrogens is 2. The lowest BCUT2D eigenvalue weighted by Crippen LogP contribution is -2.24. The summed E-state index contributed by atoms with van der Waals surface area (Å²) in [7, 11) is 0. The van der Waals surface area contributed by atoms with E-state index in [-0.39, 0.29) is 0 Å². The van der Waals surface area contributed by atoms with Gasteiger partial charge < -0.3 is 9.84 Å². The molecule has 5 heteroatoms. The van der Waals surface area contributed by atoms with E-state index in [4.69, 9.17) is 4.52 Å². The van der Waals surface area contributed by atoms with Crippen LogP contribution in [0, 0.1) is 6.92 Å². The molecule has 0 amide bonds. The minimum absolute atomic E-state index is 0.442. The van der Waals surface area contributed by atoms with Crippen molar-refractivity contribution in [3.63, 3.8) is 0 Å². The van der Waals surface area contributed by atoms with Gasteiger partial charge in [0.25, 0.3) is 0 Å². The summed E-state index contributed by atoms with van der Waals surface area (Å²) in [6, 6.07) is 2.67. The highest BCUT2D eigenvalue weighted by atomic mass is 32.1. The first-order valence-electron chi connectivity index (χ1n) is 5.92. The molecule has 2 aromatic rings. The highest BCUT2D eigenvalue weighted by molar-refractivity contribution is 7.10. The zero-order valence-corrected chi connectivity index (χ0v) is 10.6. The van der Waals surface area contributed by atoms with Gasteiger partial charge in [-0.1, -0.05) is 5.16 Å². The monoisotopic (exact) mass is 249 g/mol. The van der Waals surface area contributed by atoms with Gasteiger partial charge in [-0.15, -0.1) is 11.3 Å². The van der Waals surface area contributed by atoms with Crippen molar-refractivity contribution in [2.24, 2.45) is 0 Å². The molecule has 2 aromatic heterocycles. The van der Waals surface area contributed by atoms with Gasteiger partial charge in [0, 0.05) is 10.9 Å². The van der Waals surface area contributed by atoms with E-state index >= 15 is 0 Å². The Morgan fingerprint density at radius 2 is 2.53 bits per heavy atom. The predicted molar refractivity (Wildman–Crippen MR) is 65.9 cm³/mol. The molecule has 1 aliphatic carbocycles. The van der Waals surface area contributed by atoms with Crippen LogP contribution in [-0.4, -0.2) is 10.1 Å².